The van der Waals surface area contributed by atoms with Gasteiger partial charge in [0.15, 0.2) is 0 Å². The lowest BCUT2D eigenvalue weighted by Crippen LogP contribution is -2.37. The molecule has 1 saturated heterocycles. The van der Waals surface area contributed by atoms with E-state index in [4.69, 9.17) is 4.74 Å². The number of anilines is 1. The monoisotopic (exact) mass is 425 g/mol. The standard InChI is InChI=1S/C22H27N5O2S/c1-17-24-19(15-30-17)14-26-9-6-18(7-10-26)22(28)25-20-4-2-3-5-21(20)29-13-12-27-11-8-23-16-27/h2-5,8,11,15-16,18H,6-7,9-10,12-14H2,1H3,(H,25,28). The molecule has 2 aromatic heterocycles. The largest absolute Gasteiger partial charge is 0.490 e. The van der Waals surface area contributed by atoms with Gasteiger partial charge < -0.3 is 14.6 Å². The molecule has 7 nitrogen and oxygen atoms in total. The second-order valence-electron chi connectivity index (χ2n) is 7.54. The molecule has 3 aromatic rings. The molecular weight excluding hydrogens is 398 g/mol. The van der Waals surface area contributed by atoms with Gasteiger partial charge in [-0.3, -0.25) is 9.69 Å². The van der Waals surface area contributed by atoms with E-state index in [0.29, 0.717) is 18.9 Å². The summed E-state index contributed by atoms with van der Waals surface area (Å²) in [6.45, 7) is 5.95. The lowest BCUT2D eigenvalue weighted by atomic mass is 9.95. The maximum Gasteiger partial charge on any atom is 0.227 e. The predicted molar refractivity (Wildman–Crippen MR) is 118 cm³/mol. The number of thiazole rings is 1. The normalized spacial score (nSPS) is 15.2. The zero-order valence-electron chi connectivity index (χ0n) is 17.2. The van der Waals surface area contributed by atoms with Gasteiger partial charge in [0.2, 0.25) is 5.91 Å². The molecule has 0 unspecified atom stereocenters. The summed E-state index contributed by atoms with van der Waals surface area (Å²) in [6, 6.07) is 7.61. The molecule has 0 saturated carbocycles. The average molecular weight is 426 g/mol. The topological polar surface area (TPSA) is 72.3 Å². The van der Waals surface area contributed by atoms with Crippen molar-refractivity contribution in [1.29, 1.82) is 0 Å². The fourth-order valence-electron chi connectivity index (χ4n) is 3.67. The molecule has 0 aliphatic carbocycles. The number of piperidine rings is 1. The molecule has 158 valence electrons. The number of rotatable bonds is 8. The van der Waals surface area contributed by atoms with Crippen molar-refractivity contribution in [3.8, 4) is 5.75 Å². The summed E-state index contributed by atoms with van der Waals surface area (Å²) in [5, 5.41) is 6.30. The maximum atomic E-state index is 12.8. The number of carbonyl (C=O) groups excluding carboxylic acids is 1. The van der Waals surface area contributed by atoms with Gasteiger partial charge in [0.25, 0.3) is 0 Å². The molecule has 30 heavy (non-hydrogen) atoms. The Hall–Kier alpha value is -2.71. The van der Waals surface area contributed by atoms with Crippen molar-refractivity contribution in [1.82, 2.24) is 19.4 Å². The van der Waals surface area contributed by atoms with E-state index in [1.165, 1.54) is 0 Å². The van der Waals surface area contributed by atoms with E-state index in [-0.39, 0.29) is 11.8 Å². The number of aryl methyl sites for hydroxylation is 1. The van der Waals surface area contributed by atoms with Crippen LogP contribution in [0.4, 0.5) is 5.69 Å². The van der Waals surface area contributed by atoms with Gasteiger partial charge in [0.05, 0.1) is 29.3 Å². The fraction of sp³-hybridized carbons (Fsp3) is 0.409. The third kappa shape index (κ3) is 5.46. The maximum absolute atomic E-state index is 12.8. The van der Waals surface area contributed by atoms with Crippen LogP contribution < -0.4 is 10.1 Å². The number of para-hydroxylation sites is 2. The van der Waals surface area contributed by atoms with Gasteiger partial charge in [0, 0.05) is 30.2 Å². The number of carbonyl (C=O) groups is 1. The minimum atomic E-state index is 0.0254. The SMILES string of the molecule is Cc1nc(CN2CCC(C(=O)Nc3ccccc3OCCn3ccnc3)CC2)cs1. The molecule has 1 aliphatic heterocycles. The quantitative estimate of drug-likeness (QED) is 0.597. The van der Waals surface area contributed by atoms with Crippen LogP contribution in [0.3, 0.4) is 0 Å². The molecule has 8 heteroatoms. The summed E-state index contributed by atoms with van der Waals surface area (Å²) >= 11 is 1.69. The number of likely N-dealkylation sites (tertiary alicyclic amines) is 1. The number of imidazole rings is 1. The van der Waals surface area contributed by atoms with Crippen molar-refractivity contribution in [2.24, 2.45) is 5.92 Å². The molecule has 0 spiro atoms. The van der Waals surface area contributed by atoms with Crippen LogP contribution in [0.5, 0.6) is 5.75 Å². The zero-order chi connectivity index (χ0) is 20.8. The van der Waals surface area contributed by atoms with Crippen molar-refractivity contribution in [3.63, 3.8) is 0 Å². The molecule has 4 rings (SSSR count). The molecule has 1 fully saturated rings. The average Bonchev–Trinajstić information content (AvgIpc) is 3.41. The van der Waals surface area contributed by atoms with E-state index >= 15 is 0 Å². The van der Waals surface area contributed by atoms with E-state index in [2.05, 4.69) is 25.6 Å². The van der Waals surface area contributed by atoms with Crippen LogP contribution >= 0.6 is 11.3 Å². The minimum absolute atomic E-state index is 0.0254. The number of hydrogen-bond acceptors (Lipinski definition) is 6. The zero-order valence-corrected chi connectivity index (χ0v) is 18.0. The van der Waals surface area contributed by atoms with E-state index in [1.54, 1.807) is 23.9 Å². The summed E-state index contributed by atoms with van der Waals surface area (Å²) in [4.78, 5) is 23.8. The van der Waals surface area contributed by atoms with Gasteiger partial charge in [-0.2, -0.15) is 0 Å². The van der Waals surface area contributed by atoms with Gasteiger partial charge in [-0.25, -0.2) is 9.97 Å². The predicted octanol–water partition coefficient (Wildman–Crippen LogP) is 3.58. The Balaban J connectivity index is 1.26. The van der Waals surface area contributed by atoms with Gasteiger partial charge in [-0.05, 0) is 45.0 Å². The lowest BCUT2D eigenvalue weighted by molar-refractivity contribution is -0.121. The van der Waals surface area contributed by atoms with E-state index < -0.39 is 0 Å². The number of benzene rings is 1. The summed E-state index contributed by atoms with van der Waals surface area (Å²) in [6.07, 6.45) is 7.13. The summed E-state index contributed by atoms with van der Waals surface area (Å²) in [7, 11) is 0. The van der Waals surface area contributed by atoms with Crippen molar-refractivity contribution < 1.29 is 9.53 Å². The van der Waals surface area contributed by atoms with Gasteiger partial charge in [-0.15, -0.1) is 11.3 Å². The Morgan fingerprint density at radius 3 is 2.87 bits per heavy atom. The molecule has 3 heterocycles. The number of amides is 1. The van der Waals surface area contributed by atoms with Crippen LogP contribution in [0.1, 0.15) is 23.5 Å². The van der Waals surface area contributed by atoms with Gasteiger partial charge >= 0.3 is 0 Å². The van der Waals surface area contributed by atoms with Crippen LogP contribution in [-0.2, 0) is 17.9 Å². The second-order valence-corrected chi connectivity index (χ2v) is 8.60. The van der Waals surface area contributed by atoms with E-state index in [1.807, 2.05) is 42.0 Å². The summed E-state index contributed by atoms with van der Waals surface area (Å²) in [5.41, 5.74) is 1.86. The highest BCUT2D eigenvalue weighted by Crippen LogP contribution is 2.26. The number of nitrogens with zero attached hydrogens (tertiary/aromatic N) is 4. The first-order valence-electron chi connectivity index (χ1n) is 10.3. The Morgan fingerprint density at radius 1 is 1.30 bits per heavy atom. The third-order valence-corrected chi connectivity index (χ3v) is 6.14. The third-order valence-electron chi connectivity index (χ3n) is 5.32. The van der Waals surface area contributed by atoms with E-state index in [9.17, 15) is 4.79 Å². The first-order chi connectivity index (χ1) is 14.7. The van der Waals surface area contributed by atoms with Crippen molar-refractivity contribution >= 4 is 22.9 Å². The highest BCUT2D eigenvalue weighted by molar-refractivity contribution is 7.09. The Morgan fingerprint density at radius 2 is 2.13 bits per heavy atom. The number of aromatic nitrogens is 3. The molecule has 1 aliphatic rings. The first-order valence-corrected chi connectivity index (χ1v) is 11.2. The van der Waals surface area contributed by atoms with Gasteiger partial charge in [0.1, 0.15) is 12.4 Å². The Labute approximate surface area is 180 Å². The molecule has 1 aromatic carbocycles. The first kappa shape index (κ1) is 20.6. The van der Waals surface area contributed by atoms with Crippen LogP contribution in [0.15, 0.2) is 48.4 Å². The summed E-state index contributed by atoms with van der Waals surface area (Å²) in [5.74, 6) is 0.796. The highest BCUT2D eigenvalue weighted by Gasteiger charge is 2.26. The molecular formula is C22H27N5O2S. The van der Waals surface area contributed by atoms with Crippen molar-refractivity contribution in [2.45, 2.75) is 32.9 Å². The summed E-state index contributed by atoms with van der Waals surface area (Å²) < 4.78 is 7.87. The molecule has 1 N–H and O–H groups in total. The van der Waals surface area contributed by atoms with Crippen LogP contribution in [-0.4, -0.2) is 45.0 Å². The Bertz CT molecular complexity index is 948. The number of hydrogen-bond donors (Lipinski definition) is 1. The van der Waals surface area contributed by atoms with E-state index in [0.717, 1.165) is 48.9 Å². The fourth-order valence-corrected chi connectivity index (χ4v) is 4.28. The molecule has 0 bridgehead atoms. The second kappa shape index (κ2) is 9.86. The molecule has 0 atom stereocenters. The molecule has 0 radical (unpaired) electrons. The Kier molecular flexibility index (Phi) is 6.76. The highest BCUT2D eigenvalue weighted by atomic mass is 32.1. The lowest BCUT2D eigenvalue weighted by Gasteiger charge is -2.30. The molecule has 1 amide bonds. The van der Waals surface area contributed by atoms with Crippen molar-refractivity contribution in [2.75, 3.05) is 25.0 Å². The van der Waals surface area contributed by atoms with Crippen molar-refractivity contribution in [3.05, 3.63) is 59.1 Å². The number of ether oxygens (including phenoxy) is 1. The van der Waals surface area contributed by atoms with Crippen LogP contribution in [0.2, 0.25) is 0 Å². The minimum Gasteiger partial charge on any atom is -0.490 e. The number of nitrogens with one attached hydrogen (secondary N) is 1. The van der Waals surface area contributed by atoms with Gasteiger partial charge in [-0.1, -0.05) is 12.1 Å². The van der Waals surface area contributed by atoms with Crippen LogP contribution in [0.25, 0.3) is 0 Å². The van der Waals surface area contributed by atoms with Crippen LogP contribution in [0, 0.1) is 12.8 Å². The smallest absolute Gasteiger partial charge is 0.227 e.